The zero-order valence-corrected chi connectivity index (χ0v) is 12.0. The van der Waals surface area contributed by atoms with Crippen LogP contribution in [0.25, 0.3) is 11.1 Å². The Hall–Kier alpha value is -2.76. The van der Waals surface area contributed by atoms with Gasteiger partial charge in [-0.2, -0.15) is 10.2 Å². The number of aryl methyl sites for hydroxylation is 3. The number of nitrogens with one attached hydrogen (secondary N) is 1. The molecule has 0 bridgehead atoms. The minimum atomic E-state index is -0.218. The molecule has 0 aliphatic rings. The Balaban J connectivity index is 1.90. The Labute approximate surface area is 121 Å². The third-order valence-electron chi connectivity index (χ3n) is 3.10. The van der Waals surface area contributed by atoms with Crippen LogP contribution in [0.5, 0.6) is 0 Å². The van der Waals surface area contributed by atoms with Gasteiger partial charge < -0.3 is 9.73 Å². The van der Waals surface area contributed by atoms with Crippen molar-refractivity contribution in [2.24, 2.45) is 0 Å². The number of oxazole rings is 1. The van der Waals surface area contributed by atoms with Gasteiger partial charge in [0.15, 0.2) is 11.5 Å². The molecule has 6 heteroatoms. The summed E-state index contributed by atoms with van der Waals surface area (Å²) < 4.78 is 5.41. The number of carbonyl (C=O) groups excluding carboxylic acids is 1. The highest BCUT2D eigenvalue weighted by Gasteiger charge is 2.12. The summed E-state index contributed by atoms with van der Waals surface area (Å²) >= 11 is 0. The zero-order valence-electron chi connectivity index (χ0n) is 12.0. The number of aromatic nitrogens is 3. The number of hydrogen-bond donors (Lipinski definition) is 1. The molecular weight excluding hydrogens is 268 g/mol. The predicted molar refractivity (Wildman–Crippen MR) is 78.2 cm³/mol. The molecule has 0 aliphatic carbocycles. The molecule has 1 aromatic carbocycles. The molecule has 3 rings (SSSR count). The standard InChI is InChI=1S/C15H14N4O2/c1-8-6-12(9(2)19-18-8)15(20)17-11-4-5-14-13(7-11)16-10(3)21-14/h4-7H,1-3H3,(H,17,20). The molecule has 3 aromatic rings. The van der Waals surface area contributed by atoms with Crippen LogP contribution in [0.1, 0.15) is 27.6 Å². The summed E-state index contributed by atoms with van der Waals surface area (Å²) in [6.07, 6.45) is 0. The van der Waals surface area contributed by atoms with Crippen molar-refractivity contribution in [3.8, 4) is 0 Å². The van der Waals surface area contributed by atoms with E-state index >= 15 is 0 Å². The summed E-state index contributed by atoms with van der Waals surface area (Å²) in [6, 6.07) is 7.06. The van der Waals surface area contributed by atoms with Gasteiger partial charge in [-0.1, -0.05) is 0 Å². The zero-order chi connectivity index (χ0) is 15.0. The molecule has 0 unspecified atom stereocenters. The van der Waals surface area contributed by atoms with Crippen LogP contribution in [0.4, 0.5) is 5.69 Å². The maximum Gasteiger partial charge on any atom is 0.257 e. The molecule has 0 aliphatic heterocycles. The highest BCUT2D eigenvalue weighted by atomic mass is 16.3. The average Bonchev–Trinajstić information content (AvgIpc) is 2.80. The molecule has 0 radical (unpaired) electrons. The SMILES string of the molecule is Cc1cc(C(=O)Nc2ccc3oc(C)nc3c2)c(C)nn1. The second kappa shape index (κ2) is 4.97. The lowest BCUT2D eigenvalue weighted by Crippen LogP contribution is -2.15. The van der Waals surface area contributed by atoms with Crippen LogP contribution in [0.2, 0.25) is 0 Å². The van der Waals surface area contributed by atoms with Crippen molar-refractivity contribution in [3.63, 3.8) is 0 Å². The van der Waals surface area contributed by atoms with Crippen molar-refractivity contribution in [3.05, 3.63) is 47.1 Å². The Morgan fingerprint density at radius 2 is 1.95 bits per heavy atom. The van der Waals surface area contributed by atoms with Gasteiger partial charge >= 0.3 is 0 Å². The summed E-state index contributed by atoms with van der Waals surface area (Å²) in [4.78, 5) is 16.6. The molecule has 0 saturated heterocycles. The summed E-state index contributed by atoms with van der Waals surface area (Å²) in [7, 11) is 0. The molecule has 106 valence electrons. The molecule has 1 amide bonds. The molecule has 1 N–H and O–H groups in total. The van der Waals surface area contributed by atoms with Crippen LogP contribution in [-0.4, -0.2) is 21.1 Å². The van der Waals surface area contributed by atoms with Crippen molar-refractivity contribution < 1.29 is 9.21 Å². The summed E-state index contributed by atoms with van der Waals surface area (Å²) in [6.45, 7) is 5.34. The molecule has 2 heterocycles. The van der Waals surface area contributed by atoms with Gasteiger partial charge in [-0.05, 0) is 38.1 Å². The van der Waals surface area contributed by atoms with Crippen LogP contribution in [0, 0.1) is 20.8 Å². The van der Waals surface area contributed by atoms with E-state index in [0.29, 0.717) is 39.6 Å². The molecule has 21 heavy (non-hydrogen) atoms. The van der Waals surface area contributed by atoms with Gasteiger partial charge in [0.1, 0.15) is 5.52 Å². The molecule has 0 fully saturated rings. The van der Waals surface area contributed by atoms with E-state index in [2.05, 4.69) is 20.5 Å². The quantitative estimate of drug-likeness (QED) is 0.781. The summed E-state index contributed by atoms with van der Waals surface area (Å²) in [5.41, 5.74) is 3.88. The number of nitrogens with zero attached hydrogens (tertiary/aromatic N) is 3. The predicted octanol–water partition coefficient (Wildman–Crippen LogP) is 2.80. The molecule has 0 atom stereocenters. The van der Waals surface area contributed by atoms with E-state index in [9.17, 15) is 4.79 Å². The second-order valence-electron chi connectivity index (χ2n) is 4.85. The Bertz CT molecular complexity index is 839. The van der Waals surface area contributed by atoms with Crippen molar-refractivity contribution in [1.29, 1.82) is 0 Å². The Morgan fingerprint density at radius 1 is 1.14 bits per heavy atom. The number of carbonyl (C=O) groups is 1. The maximum atomic E-state index is 12.3. The lowest BCUT2D eigenvalue weighted by atomic mass is 10.2. The molecule has 0 spiro atoms. The van der Waals surface area contributed by atoms with E-state index < -0.39 is 0 Å². The molecule has 6 nitrogen and oxygen atoms in total. The van der Waals surface area contributed by atoms with Crippen LogP contribution >= 0.6 is 0 Å². The van der Waals surface area contributed by atoms with Crippen LogP contribution < -0.4 is 5.32 Å². The summed E-state index contributed by atoms with van der Waals surface area (Å²) in [5.74, 6) is 0.378. The normalized spacial score (nSPS) is 10.8. The van der Waals surface area contributed by atoms with Crippen molar-refractivity contribution >= 4 is 22.7 Å². The fraction of sp³-hybridized carbons (Fsp3) is 0.200. The van der Waals surface area contributed by atoms with Crippen LogP contribution in [0.15, 0.2) is 28.7 Å². The fourth-order valence-corrected chi connectivity index (χ4v) is 2.10. The van der Waals surface area contributed by atoms with E-state index in [1.54, 1.807) is 45.0 Å². The Morgan fingerprint density at radius 3 is 2.76 bits per heavy atom. The number of hydrogen-bond acceptors (Lipinski definition) is 5. The number of benzene rings is 1. The average molecular weight is 282 g/mol. The van der Waals surface area contributed by atoms with Gasteiger partial charge in [0, 0.05) is 12.6 Å². The minimum Gasteiger partial charge on any atom is -0.441 e. The second-order valence-corrected chi connectivity index (χ2v) is 4.85. The van der Waals surface area contributed by atoms with E-state index in [4.69, 9.17) is 4.42 Å². The largest absolute Gasteiger partial charge is 0.441 e. The van der Waals surface area contributed by atoms with E-state index in [1.807, 2.05) is 0 Å². The van der Waals surface area contributed by atoms with Gasteiger partial charge in [0.05, 0.1) is 17.0 Å². The number of amides is 1. The number of anilines is 1. The first-order valence-electron chi connectivity index (χ1n) is 6.52. The maximum absolute atomic E-state index is 12.3. The van der Waals surface area contributed by atoms with Gasteiger partial charge in [0.2, 0.25) is 0 Å². The first-order chi connectivity index (χ1) is 10.0. The first kappa shape index (κ1) is 13.2. The lowest BCUT2D eigenvalue weighted by molar-refractivity contribution is 0.102. The number of fused-ring (bicyclic) bond motifs is 1. The minimum absolute atomic E-state index is 0.218. The van der Waals surface area contributed by atoms with Crippen molar-refractivity contribution in [2.75, 3.05) is 5.32 Å². The van der Waals surface area contributed by atoms with Gasteiger partial charge in [0.25, 0.3) is 5.91 Å². The first-order valence-corrected chi connectivity index (χ1v) is 6.52. The lowest BCUT2D eigenvalue weighted by Gasteiger charge is -2.07. The Kier molecular flexibility index (Phi) is 3.13. The molecule has 0 saturated carbocycles. The van der Waals surface area contributed by atoms with Gasteiger partial charge in [-0.3, -0.25) is 4.79 Å². The fourth-order valence-electron chi connectivity index (χ4n) is 2.10. The van der Waals surface area contributed by atoms with Crippen molar-refractivity contribution in [2.45, 2.75) is 20.8 Å². The topological polar surface area (TPSA) is 80.9 Å². The third-order valence-corrected chi connectivity index (χ3v) is 3.10. The molecule has 2 aromatic heterocycles. The smallest absolute Gasteiger partial charge is 0.257 e. The van der Waals surface area contributed by atoms with Crippen LogP contribution in [0.3, 0.4) is 0 Å². The van der Waals surface area contributed by atoms with Gasteiger partial charge in [-0.15, -0.1) is 0 Å². The summed E-state index contributed by atoms with van der Waals surface area (Å²) in [5, 5.41) is 10.7. The van der Waals surface area contributed by atoms with Gasteiger partial charge in [-0.25, -0.2) is 4.98 Å². The van der Waals surface area contributed by atoms with E-state index in [-0.39, 0.29) is 5.91 Å². The third kappa shape index (κ3) is 2.60. The van der Waals surface area contributed by atoms with Crippen molar-refractivity contribution in [1.82, 2.24) is 15.2 Å². The highest BCUT2D eigenvalue weighted by molar-refractivity contribution is 6.05. The molecular formula is C15H14N4O2. The van der Waals surface area contributed by atoms with Crippen LogP contribution in [-0.2, 0) is 0 Å². The highest BCUT2D eigenvalue weighted by Crippen LogP contribution is 2.20. The van der Waals surface area contributed by atoms with E-state index in [0.717, 1.165) is 0 Å². The van der Waals surface area contributed by atoms with E-state index in [1.165, 1.54) is 0 Å². The monoisotopic (exact) mass is 282 g/mol. The number of rotatable bonds is 2.